The molecule has 0 aliphatic carbocycles. The molecule has 1 N–H and O–H groups in total. The van der Waals surface area contributed by atoms with Gasteiger partial charge in [0.2, 0.25) is 10.0 Å². The molecule has 1 heterocycles. The summed E-state index contributed by atoms with van der Waals surface area (Å²) in [6, 6.07) is -0.0489. The molecule has 1 aliphatic heterocycles. The molecule has 0 unspecified atom stereocenters. The fourth-order valence-electron chi connectivity index (χ4n) is 2.47. The van der Waals surface area contributed by atoms with E-state index in [1.165, 1.54) is 32.8 Å². The molecule has 1 aliphatic rings. The van der Waals surface area contributed by atoms with Gasteiger partial charge in [0.15, 0.2) is 0 Å². The third-order valence-electron chi connectivity index (χ3n) is 3.47. The van der Waals surface area contributed by atoms with Crippen LogP contribution in [-0.4, -0.2) is 58.0 Å². The Labute approximate surface area is 117 Å². The van der Waals surface area contributed by atoms with Gasteiger partial charge in [-0.3, -0.25) is 0 Å². The van der Waals surface area contributed by atoms with Crippen LogP contribution in [0.15, 0.2) is 0 Å². The van der Waals surface area contributed by atoms with E-state index < -0.39 is 10.0 Å². The van der Waals surface area contributed by atoms with E-state index in [0.29, 0.717) is 0 Å². The molecule has 0 radical (unpaired) electrons. The number of hydrogen-bond donors (Lipinski definition) is 1. The maximum atomic E-state index is 11.9. The lowest BCUT2D eigenvalue weighted by atomic mass is 10.2. The lowest BCUT2D eigenvalue weighted by Gasteiger charge is -2.24. The highest BCUT2D eigenvalue weighted by atomic mass is 32.2. The summed E-state index contributed by atoms with van der Waals surface area (Å²) in [6.45, 7) is 6.65. The Morgan fingerprint density at radius 2 is 1.74 bits per heavy atom. The number of hydrogen-bond acceptors (Lipinski definition) is 4. The second-order valence-electron chi connectivity index (χ2n) is 5.56. The monoisotopic (exact) mass is 292 g/mol. The maximum absolute atomic E-state index is 11.9. The van der Waals surface area contributed by atoms with Crippen LogP contribution >= 0.6 is 0 Å². The van der Waals surface area contributed by atoms with E-state index >= 15 is 0 Å². The van der Waals surface area contributed by atoms with Gasteiger partial charge in [-0.25, -0.2) is 13.1 Å². The minimum absolute atomic E-state index is 0.0217. The number of sulfonamides is 1. The largest absolute Gasteiger partial charge is 0.381 e. The highest BCUT2D eigenvalue weighted by Gasteiger charge is 2.20. The van der Waals surface area contributed by atoms with Crippen molar-refractivity contribution >= 4 is 10.0 Å². The number of nitrogens with one attached hydrogen (secondary N) is 1. The molecule has 1 saturated heterocycles. The molecular weight excluding hydrogens is 264 g/mol. The lowest BCUT2D eigenvalue weighted by Crippen LogP contribution is -2.44. The van der Waals surface area contributed by atoms with Crippen molar-refractivity contribution in [3.05, 3.63) is 0 Å². The van der Waals surface area contributed by atoms with Crippen molar-refractivity contribution in [2.45, 2.75) is 51.7 Å². The number of methoxy groups -OCH3 is 1. The number of rotatable bonds is 7. The number of ether oxygens (including phenoxy) is 1. The first-order chi connectivity index (χ1) is 8.93. The average molecular weight is 292 g/mol. The zero-order valence-electron chi connectivity index (χ0n) is 12.4. The minimum Gasteiger partial charge on any atom is -0.381 e. The molecule has 1 fully saturated rings. The normalized spacial score (nSPS) is 21.8. The Hall–Kier alpha value is -0.170. The fraction of sp³-hybridized carbons (Fsp3) is 1.00. The molecule has 0 amide bonds. The molecular formula is C13H28N2O3S. The molecule has 1 rings (SSSR count). The van der Waals surface area contributed by atoms with E-state index in [4.69, 9.17) is 4.74 Å². The van der Waals surface area contributed by atoms with Crippen LogP contribution in [0.3, 0.4) is 0 Å². The lowest BCUT2D eigenvalue weighted by molar-refractivity contribution is 0.136. The van der Waals surface area contributed by atoms with Crippen LogP contribution in [0, 0.1) is 0 Å². The summed E-state index contributed by atoms with van der Waals surface area (Å²) in [7, 11) is -1.73. The predicted octanol–water partition coefficient (Wildman–Crippen LogP) is 1.21. The van der Waals surface area contributed by atoms with Gasteiger partial charge in [0.1, 0.15) is 0 Å². The van der Waals surface area contributed by atoms with Crippen LogP contribution in [0.25, 0.3) is 0 Å². The van der Waals surface area contributed by atoms with Crippen molar-refractivity contribution in [1.29, 1.82) is 0 Å². The Morgan fingerprint density at radius 3 is 2.26 bits per heavy atom. The summed E-state index contributed by atoms with van der Waals surface area (Å²) in [5, 5.41) is 0. The van der Waals surface area contributed by atoms with Gasteiger partial charge in [0, 0.05) is 19.7 Å². The van der Waals surface area contributed by atoms with E-state index in [-0.39, 0.29) is 17.9 Å². The first-order valence-electron chi connectivity index (χ1n) is 7.18. The summed E-state index contributed by atoms with van der Waals surface area (Å²) >= 11 is 0. The van der Waals surface area contributed by atoms with Crippen LogP contribution in [0.2, 0.25) is 0 Å². The average Bonchev–Trinajstić information content (AvgIpc) is 2.55. The molecule has 19 heavy (non-hydrogen) atoms. The van der Waals surface area contributed by atoms with E-state index in [9.17, 15) is 8.42 Å². The summed E-state index contributed by atoms with van der Waals surface area (Å²) in [5.41, 5.74) is 0. The van der Waals surface area contributed by atoms with Crippen molar-refractivity contribution in [2.24, 2.45) is 0 Å². The molecule has 0 saturated carbocycles. The van der Waals surface area contributed by atoms with E-state index in [0.717, 1.165) is 19.6 Å². The Morgan fingerprint density at radius 1 is 1.16 bits per heavy atom. The molecule has 0 spiro atoms. The van der Waals surface area contributed by atoms with Gasteiger partial charge in [-0.15, -0.1) is 0 Å². The Kier molecular flexibility index (Phi) is 7.28. The summed E-state index contributed by atoms with van der Waals surface area (Å²) in [4.78, 5) is 2.36. The van der Waals surface area contributed by atoms with Crippen LogP contribution < -0.4 is 4.72 Å². The molecule has 0 aromatic carbocycles. The zero-order valence-corrected chi connectivity index (χ0v) is 13.2. The summed E-state index contributed by atoms with van der Waals surface area (Å²) in [5.74, 6) is 0.0217. The zero-order chi connectivity index (χ0) is 14.3. The topological polar surface area (TPSA) is 58.6 Å². The number of likely N-dealkylation sites (tertiary alicyclic amines) is 1. The van der Waals surface area contributed by atoms with Crippen molar-refractivity contribution in [1.82, 2.24) is 9.62 Å². The summed E-state index contributed by atoms with van der Waals surface area (Å²) < 4.78 is 31.6. The molecule has 0 bridgehead atoms. The second kappa shape index (κ2) is 8.19. The maximum Gasteiger partial charge on any atom is 0.214 e. The standard InChI is InChI=1S/C13H28N2O3S/c1-12(10-15-8-6-4-5-7-9-15)14-19(16,17)11-13(2)18-3/h12-14H,4-11H2,1-3H3/t12-,13-/m0/s1. The quantitative estimate of drug-likeness (QED) is 0.766. The second-order valence-corrected chi connectivity index (χ2v) is 7.36. The van der Waals surface area contributed by atoms with Gasteiger partial charge in [-0.05, 0) is 39.8 Å². The van der Waals surface area contributed by atoms with Crippen molar-refractivity contribution < 1.29 is 13.2 Å². The van der Waals surface area contributed by atoms with Gasteiger partial charge in [-0.1, -0.05) is 12.8 Å². The summed E-state index contributed by atoms with van der Waals surface area (Å²) in [6.07, 6.45) is 4.76. The molecule has 2 atom stereocenters. The molecule has 0 aromatic heterocycles. The predicted molar refractivity (Wildman–Crippen MR) is 77.8 cm³/mol. The molecule has 0 aromatic rings. The molecule has 6 heteroatoms. The Bertz CT molecular complexity index is 338. The van der Waals surface area contributed by atoms with Crippen molar-refractivity contribution in [3.63, 3.8) is 0 Å². The fourth-order valence-corrected chi connectivity index (χ4v) is 4.01. The van der Waals surface area contributed by atoms with Gasteiger partial charge in [0.25, 0.3) is 0 Å². The minimum atomic E-state index is -3.25. The first-order valence-corrected chi connectivity index (χ1v) is 8.83. The van der Waals surface area contributed by atoms with E-state index in [2.05, 4.69) is 9.62 Å². The smallest absolute Gasteiger partial charge is 0.214 e. The van der Waals surface area contributed by atoms with Crippen molar-refractivity contribution in [2.75, 3.05) is 32.5 Å². The van der Waals surface area contributed by atoms with Gasteiger partial charge in [-0.2, -0.15) is 0 Å². The third-order valence-corrected chi connectivity index (χ3v) is 5.14. The first kappa shape index (κ1) is 16.9. The van der Waals surface area contributed by atoms with Crippen molar-refractivity contribution in [3.8, 4) is 0 Å². The third kappa shape index (κ3) is 7.25. The highest BCUT2D eigenvalue weighted by Crippen LogP contribution is 2.10. The van der Waals surface area contributed by atoms with Crippen LogP contribution in [0.5, 0.6) is 0 Å². The highest BCUT2D eigenvalue weighted by molar-refractivity contribution is 7.89. The van der Waals surface area contributed by atoms with Crippen LogP contribution in [-0.2, 0) is 14.8 Å². The van der Waals surface area contributed by atoms with Gasteiger partial charge >= 0.3 is 0 Å². The molecule has 5 nitrogen and oxygen atoms in total. The SMILES string of the molecule is CO[C@@H](C)CS(=O)(=O)N[C@@H](C)CN1CCCCCC1. The van der Waals surface area contributed by atoms with E-state index in [1.54, 1.807) is 6.92 Å². The number of nitrogens with zero attached hydrogens (tertiary/aromatic N) is 1. The van der Waals surface area contributed by atoms with Crippen LogP contribution in [0.1, 0.15) is 39.5 Å². The molecule has 114 valence electrons. The Balaban J connectivity index is 2.38. The van der Waals surface area contributed by atoms with Crippen LogP contribution in [0.4, 0.5) is 0 Å². The van der Waals surface area contributed by atoms with Gasteiger partial charge in [0.05, 0.1) is 11.9 Å². The van der Waals surface area contributed by atoms with E-state index in [1.807, 2.05) is 6.92 Å². The van der Waals surface area contributed by atoms with Gasteiger partial charge < -0.3 is 9.64 Å².